The van der Waals surface area contributed by atoms with E-state index in [1.165, 1.54) is 17.4 Å². The number of carbonyl (C=O) groups excluding carboxylic acids is 2. The molecule has 1 atom stereocenters. The van der Waals surface area contributed by atoms with Crippen LogP contribution in [0.5, 0.6) is 0 Å². The molecule has 7 heteroatoms. The number of thiophene rings is 1. The molecular formula is C23H24N2O4S. The number of benzene rings is 1. The largest absolute Gasteiger partial charge is 0.422 e. The summed E-state index contributed by atoms with van der Waals surface area (Å²) in [5.74, 6) is -0.689. The fourth-order valence-electron chi connectivity index (χ4n) is 4.06. The van der Waals surface area contributed by atoms with E-state index in [9.17, 15) is 14.4 Å². The molecule has 0 aliphatic heterocycles. The first-order valence-corrected chi connectivity index (χ1v) is 10.8. The van der Waals surface area contributed by atoms with Crippen molar-refractivity contribution in [1.82, 2.24) is 0 Å². The summed E-state index contributed by atoms with van der Waals surface area (Å²) in [4.78, 5) is 38.5. The van der Waals surface area contributed by atoms with Crippen LogP contribution < -0.4 is 16.7 Å². The van der Waals surface area contributed by atoms with Gasteiger partial charge in [0.15, 0.2) is 0 Å². The molecule has 0 spiro atoms. The van der Waals surface area contributed by atoms with Gasteiger partial charge < -0.3 is 15.5 Å². The van der Waals surface area contributed by atoms with Gasteiger partial charge in [0.1, 0.15) is 16.1 Å². The Bertz CT molecular complexity index is 1220. The minimum absolute atomic E-state index is 0.108. The van der Waals surface area contributed by atoms with Crippen molar-refractivity contribution in [3.8, 4) is 0 Å². The lowest BCUT2D eigenvalue weighted by Gasteiger charge is -2.33. The number of para-hydroxylation sites is 1. The molecule has 6 nitrogen and oxygen atoms in total. The summed E-state index contributed by atoms with van der Waals surface area (Å²) >= 11 is 1.38. The van der Waals surface area contributed by atoms with Crippen molar-refractivity contribution in [1.29, 1.82) is 0 Å². The lowest BCUT2D eigenvalue weighted by Crippen LogP contribution is -2.27. The number of hydrogen-bond donors (Lipinski definition) is 2. The molecule has 0 saturated carbocycles. The normalized spacial score (nSPS) is 16.3. The molecule has 30 heavy (non-hydrogen) atoms. The van der Waals surface area contributed by atoms with Gasteiger partial charge in [-0.1, -0.05) is 39.0 Å². The zero-order valence-corrected chi connectivity index (χ0v) is 18.0. The van der Waals surface area contributed by atoms with E-state index < -0.39 is 17.4 Å². The number of hydrogen-bond acceptors (Lipinski definition) is 5. The van der Waals surface area contributed by atoms with Crippen LogP contribution in [0.2, 0.25) is 0 Å². The monoisotopic (exact) mass is 424 g/mol. The van der Waals surface area contributed by atoms with E-state index in [0.717, 1.165) is 29.7 Å². The Labute approximate surface area is 178 Å². The summed E-state index contributed by atoms with van der Waals surface area (Å²) in [5, 5.41) is 3.79. The summed E-state index contributed by atoms with van der Waals surface area (Å²) in [6.07, 6.45) is 2.56. The Morgan fingerprint density at radius 3 is 2.67 bits per heavy atom. The molecule has 3 aromatic rings. The fourth-order valence-corrected chi connectivity index (χ4v) is 5.39. The van der Waals surface area contributed by atoms with Crippen LogP contribution in [-0.2, 0) is 12.8 Å². The number of rotatable bonds is 3. The van der Waals surface area contributed by atoms with Crippen molar-refractivity contribution in [3.63, 3.8) is 0 Å². The molecule has 1 aliphatic carbocycles. The molecule has 0 bridgehead atoms. The Balaban J connectivity index is 1.69. The summed E-state index contributed by atoms with van der Waals surface area (Å²) in [6.45, 7) is 6.65. The highest BCUT2D eigenvalue weighted by Gasteiger charge is 2.33. The highest BCUT2D eigenvalue weighted by molar-refractivity contribution is 7.17. The van der Waals surface area contributed by atoms with Crippen molar-refractivity contribution in [2.45, 2.75) is 40.0 Å². The van der Waals surface area contributed by atoms with Gasteiger partial charge in [-0.3, -0.25) is 9.59 Å². The molecule has 3 N–H and O–H groups in total. The number of primary amides is 1. The first kappa shape index (κ1) is 20.3. The van der Waals surface area contributed by atoms with Crippen LogP contribution in [0, 0.1) is 11.3 Å². The van der Waals surface area contributed by atoms with Gasteiger partial charge in [-0.15, -0.1) is 11.3 Å². The van der Waals surface area contributed by atoms with E-state index in [4.69, 9.17) is 10.2 Å². The first-order valence-electron chi connectivity index (χ1n) is 9.93. The third kappa shape index (κ3) is 3.65. The Morgan fingerprint density at radius 2 is 1.97 bits per heavy atom. The second-order valence-electron chi connectivity index (χ2n) is 8.82. The molecular weight excluding hydrogens is 400 g/mol. The maximum absolute atomic E-state index is 12.9. The van der Waals surface area contributed by atoms with Crippen LogP contribution in [0.3, 0.4) is 0 Å². The molecule has 1 aromatic carbocycles. The van der Waals surface area contributed by atoms with Crippen LogP contribution in [0.15, 0.2) is 39.5 Å². The number of fused-ring (bicyclic) bond motifs is 2. The Hall–Kier alpha value is -2.93. The molecule has 2 aromatic heterocycles. The van der Waals surface area contributed by atoms with E-state index in [0.29, 0.717) is 27.5 Å². The SMILES string of the molecule is CC(C)(C)C1CCc2c(sc(NC(=O)c3cc4ccccc4oc3=O)c2C(N)=O)C1. The highest BCUT2D eigenvalue weighted by atomic mass is 32.1. The zero-order valence-electron chi connectivity index (χ0n) is 17.2. The first-order chi connectivity index (χ1) is 14.1. The maximum atomic E-state index is 12.9. The van der Waals surface area contributed by atoms with Crippen LogP contribution >= 0.6 is 11.3 Å². The van der Waals surface area contributed by atoms with Crippen molar-refractivity contribution in [3.05, 3.63) is 62.3 Å². The quantitative estimate of drug-likeness (QED) is 0.610. The van der Waals surface area contributed by atoms with Gasteiger partial charge in [0, 0.05) is 10.3 Å². The van der Waals surface area contributed by atoms with Crippen molar-refractivity contribution < 1.29 is 14.0 Å². The van der Waals surface area contributed by atoms with Crippen LogP contribution in [0.1, 0.15) is 58.3 Å². The molecule has 0 fully saturated rings. The smallest absolute Gasteiger partial charge is 0.349 e. The number of nitrogens with two attached hydrogens (primary N) is 1. The predicted molar refractivity (Wildman–Crippen MR) is 118 cm³/mol. The van der Waals surface area contributed by atoms with Crippen molar-refractivity contribution >= 4 is 39.1 Å². The van der Waals surface area contributed by atoms with Crippen molar-refractivity contribution in [2.24, 2.45) is 17.1 Å². The van der Waals surface area contributed by atoms with E-state index in [1.807, 2.05) is 0 Å². The fraction of sp³-hybridized carbons (Fsp3) is 0.348. The second kappa shape index (κ2) is 7.40. The Morgan fingerprint density at radius 1 is 1.23 bits per heavy atom. The third-order valence-corrected chi connectivity index (χ3v) is 7.02. The van der Waals surface area contributed by atoms with Gasteiger partial charge >= 0.3 is 5.63 Å². The maximum Gasteiger partial charge on any atom is 0.349 e. The topological polar surface area (TPSA) is 102 Å². The van der Waals surface area contributed by atoms with E-state index in [2.05, 4.69) is 26.1 Å². The lowest BCUT2D eigenvalue weighted by molar-refractivity contribution is 0.1000. The minimum atomic E-state index is -0.721. The van der Waals surface area contributed by atoms with Crippen LogP contribution in [-0.4, -0.2) is 11.8 Å². The molecule has 156 valence electrons. The number of carbonyl (C=O) groups is 2. The zero-order chi connectivity index (χ0) is 21.6. The number of anilines is 1. The minimum Gasteiger partial charge on any atom is -0.422 e. The second-order valence-corrected chi connectivity index (χ2v) is 9.92. The van der Waals surface area contributed by atoms with Gasteiger partial charge in [-0.25, -0.2) is 4.79 Å². The number of amides is 2. The van der Waals surface area contributed by atoms with Crippen LogP contribution in [0.25, 0.3) is 11.0 Å². The third-order valence-electron chi connectivity index (χ3n) is 5.85. The standard InChI is InChI=1S/C23H24N2O4S/c1-23(2,3)13-8-9-14-17(11-13)30-21(18(14)19(24)26)25-20(27)15-10-12-6-4-5-7-16(12)29-22(15)28/h4-7,10,13H,8-9,11H2,1-3H3,(H2,24,26)(H,25,27). The van der Waals surface area contributed by atoms with Gasteiger partial charge in [0.05, 0.1) is 5.56 Å². The summed E-state index contributed by atoms with van der Waals surface area (Å²) in [5.41, 5.74) is 6.68. The molecule has 2 amide bonds. The Kier molecular flexibility index (Phi) is 5.02. The molecule has 4 rings (SSSR count). The predicted octanol–water partition coefficient (Wildman–Crippen LogP) is 4.36. The van der Waals surface area contributed by atoms with Gasteiger partial charge in [0.25, 0.3) is 11.8 Å². The van der Waals surface area contributed by atoms with Gasteiger partial charge in [-0.2, -0.15) is 0 Å². The number of nitrogens with one attached hydrogen (secondary N) is 1. The molecule has 0 radical (unpaired) electrons. The lowest BCUT2D eigenvalue weighted by atomic mass is 9.72. The molecule has 2 heterocycles. The van der Waals surface area contributed by atoms with E-state index >= 15 is 0 Å². The molecule has 1 aliphatic rings. The van der Waals surface area contributed by atoms with Crippen LogP contribution in [0.4, 0.5) is 5.00 Å². The summed E-state index contributed by atoms with van der Waals surface area (Å²) in [6, 6.07) is 8.49. The van der Waals surface area contributed by atoms with Crippen molar-refractivity contribution in [2.75, 3.05) is 5.32 Å². The molecule has 1 unspecified atom stereocenters. The highest BCUT2D eigenvalue weighted by Crippen LogP contribution is 2.44. The average Bonchev–Trinajstić information content (AvgIpc) is 3.03. The summed E-state index contributed by atoms with van der Waals surface area (Å²) < 4.78 is 5.26. The molecule has 0 saturated heterocycles. The van der Waals surface area contributed by atoms with E-state index in [1.54, 1.807) is 24.3 Å². The van der Waals surface area contributed by atoms with Gasteiger partial charge in [0.2, 0.25) is 0 Å². The van der Waals surface area contributed by atoms with Gasteiger partial charge in [-0.05, 0) is 48.3 Å². The summed E-state index contributed by atoms with van der Waals surface area (Å²) in [7, 11) is 0. The van der Waals surface area contributed by atoms with E-state index in [-0.39, 0.29) is 11.0 Å². The average molecular weight is 425 g/mol.